The number of methoxy groups -OCH3 is 1. The van der Waals surface area contributed by atoms with E-state index >= 15 is 0 Å². The molecule has 0 fully saturated rings. The third-order valence-electron chi connectivity index (χ3n) is 5.22. The zero-order valence-corrected chi connectivity index (χ0v) is 17.8. The maximum atomic E-state index is 6.34. The summed E-state index contributed by atoms with van der Waals surface area (Å²) < 4.78 is 13.7. The molecular formula is C27H26NO2+. The predicted octanol–water partition coefficient (Wildman–Crippen LogP) is 5.55. The number of nitrogens with zero attached hydrogens (tertiary/aromatic N) is 1. The first-order chi connectivity index (χ1) is 14.5. The Balaban J connectivity index is 1.79. The molecule has 0 unspecified atom stereocenters. The van der Waals surface area contributed by atoms with Gasteiger partial charge >= 0.3 is 0 Å². The minimum absolute atomic E-state index is 0.822. The van der Waals surface area contributed by atoms with Crippen LogP contribution >= 0.6 is 0 Å². The van der Waals surface area contributed by atoms with Gasteiger partial charge in [-0.15, -0.1) is 0 Å². The van der Waals surface area contributed by atoms with Crippen molar-refractivity contribution in [1.29, 1.82) is 0 Å². The molecule has 0 saturated heterocycles. The van der Waals surface area contributed by atoms with E-state index < -0.39 is 0 Å². The van der Waals surface area contributed by atoms with Gasteiger partial charge in [0.05, 0.1) is 7.11 Å². The second kappa shape index (κ2) is 8.42. The fourth-order valence-corrected chi connectivity index (χ4v) is 3.38. The van der Waals surface area contributed by atoms with Gasteiger partial charge in [-0.3, -0.25) is 0 Å². The van der Waals surface area contributed by atoms with Crippen molar-refractivity contribution in [1.82, 2.24) is 0 Å². The lowest BCUT2D eigenvalue weighted by atomic mass is 9.97. The first kappa shape index (κ1) is 19.7. The third kappa shape index (κ3) is 4.20. The van der Waals surface area contributed by atoms with Crippen molar-refractivity contribution in [2.75, 3.05) is 21.2 Å². The lowest BCUT2D eigenvalue weighted by molar-refractivity contribution is -0.462. The van der Waals surface area contributed by atoms with Crippen LogP contribution in [0.25, 0.3) is 11.5 Å². The topological polar surface area (TPSA) is 21.5 Å². The van der Waals surface area contributed by atoms with Crippen molar-refractivity contribution in [2.45, 2.75) is 6.92 Å². The van der Waals surface area contributed by atoms with E-state index in [9.17, 15) is 0 Å². The molecule has 2 aromatic rings. The molecule has 0 aromatic heterocycles. The van der Waals surface area contributed by atoms with Crippen LogP contribution in [0, 0.1) is 6.92 Å². The van der Waals surface area contributed by atoms with Crippen LogP contribution in [-0.2, 0) is 4.74 Å². The first-order valence-electron chi connectivity index (χ1n) is 10.0. The van der Waals surface area contributed by atoms with E-state index in [4.69, 9.17) is 9.47 Å². The summed E-state index contributed by atoms with van der Waals surface area (Å²) >= 11 is 0. The fourth-order valence-electron chi connectivity index (χ4n) is 3.38. The summed E-state index contributed by atoms with van der Waals surface area (Å²) in [6, 6.07) is 16.4. The monoisotopic (exact) mass is 396 g/mol. The highest BCUT2D eigenvalue weighted by molar-refractivity contribution is 6.02. The molecule has 3 heteroatoms. The lowest BCUT2D eigenvalue weighted by Crippen LogP contribution is -2.10. The van der Waals surface area contributed by atoms with Gasteiger partial charge in [0.15, 0.2) is 5.71 Å². The summed E-state index contributed by atoms with van der Waals surface area (Å²) in [5, 5.41) is 0. The van der Waals surface area contributed by atoms with Crippen LogP contribution in [0.4, 0.5) is 0 Å². The van der Waals surface area contributed by atoms with Gasteiger partial charge in [0.25, 0.3) is 0 Å². The number of hydrogen-bond donors (Lipinski definition) is 0. The molecule has 2 aliphatic rings. The van der Waals surface area contributed by atoms with Gasteiger partial charge < -0.3 is 9.47 Å². The van der Waals surface area contributed by atoms with E-state index in [1.807, 2.05) is 38.4 Å². The predicted molar refractivity (Wildman–Crippen MR) is 124 cm³/mol. The summed E-state index contributed by atoms with van der Waals surface area (Å²) in [5.74, 6) is 2.49. The van der Waals surface area contributed by atoms with Crippen molar-refractivity contribution >= 4 is 17.2 Å². The summed E-state index contributed by atoms with van der Waals surface area (Å²) in [6.45, 7) is 2.09. The Morgan fingerprint density at radius 2 is 1.23 bits per heavy atom. The molecule has 0 atom stereocenters. The minimum Gasteiger partial charge on any atom is -0.497 e. The molecular weight excluding hydrogens is 370 g/mol. The summed E-state index contributed by atoms with van der Waals surface area (Å²) in [6.07, 6.45) is 12.8. The van der Waals surface area contributed by atoms with E-state index in [2.05, 4.69) is 72.2 Å². The third-order valence-corrected chi connectivity index (χ3v) is 5.22. The molecule has 1 aliphatic carbocycles. The Kier molecular flexibility index (Phi) is 5.53. The van der Waals surface area contributed by atoms with Crippen LogP contribution in [0.3, 0.4) is 0 Å². The van der Waals surface area contributed by atoms with Crippen molar-refractivity contribution in [3.8, 4) is 5.75 Å². The highest BCUT2D eigenvalue weighted by Crippen LogP contribution is 2.34. The van der Waals surface area contributed by atoms with E-state index in [0.717, 1.165) is 39.5 Å². The summed E-state index contributed by atoms with van der Waals surface area (Å²) in [4.78, 5) is 0. The smallest absolute Gasteiger partial charge is 0.199 e. The normalized spacial score (nSPS) is 15.5. The van der Waals surface area contributed by atoms with Crippen LogP contribution in [0.1, 0.15) is 16.7 Å². The first-order valence-corrected chi connectivity index (χ1v) is 10.0. The molecule has 0 bridgehead atoms. The van der Waals surface area contributed by atoms with E-state index in [0.29, 0.717) is 0 Å². The summed E-state index contributed by atoms with van der Waals surface area (Å²) in [7, 11) is 5.77. The Hall–Kier alpha value is -3.59. The molecule has 4 rings (SSSR count). The maximum Gasteiger partial charge on any atom is 0.199 e. The molecule has 0 amide bonds. The second-order valence-corrected chi connectivity index (χ2v) is 7.61. The molecule has 0 N–H and O–H groups in total. The molecule has 2 aromatic carbocycles. The maximum absolute atomic E-state index is 6.34. The Labute approximate surface area is 178 Å². The molecule has 30 heavy (non-hydrogen) atoms. The van der Waals surface area contributed by atoms with Gasteiger partial charge in [-0.25, -0.2) is 4.58 Å². The molecule has 1 aliphatic heterocycles. The zero-order chi connectivity index (χ0) is 21.1. The number of benzene rings is 2. The number of allylic oxidation sites excluding steroid dienone is 8. The standard InChI is InChI=1S/C27H26NO2/c1-19-5-7-21(8-6-19)26-17-23(20-9-13-24(14-10-20)28(2)3)18-27(30-26)22-11-15-25(29-4)16-12-22/h5-18H,1-4H3/q+1. The molecule has 0 saturated carbocycles. The van der Waals surface area contributed by atoms with Gasteiger partial charge in [0.2, 0.25) is 0 Å². The largest absolute Gasteiger partial charge is 0.497 e. The van der Waals surface area contributed by atoms with Crippen molar-refractivity contribution in [3.05, 3.63) is 113 Å². The Morgan fingerprint density at radius 1 is 0.700 bits per heavy atom. The molecule has 0 spiro atoms. The number of rotatable bonds is 3. The highest BCUT2D eigenvalue weighted by atomic mass is 16.5. The van der Waals surface area contributed by atoms with E-state index in [1.165, 1.54) is 11.3 Å². The molecule has 0 radical (unpaired) electrons. The number of aryl methyl sites for hydroxylation is 1. The summed E-state index contributed by atoms with van der Waals surface area (Å²) in [5.41, 5.74) is 6.74. The fraction of sp³-hybridized carbons (Fsp3) is 0.148. The number of ether oxygens (including phenoxy) is 2. The van der Waals surface area contributed by atoms with Gasteiger partial charge in [0.1, 0.15) is 31.4 Å². The highest BCUT2D eigenvalue weighted by Gasteiger charge is 2.17. The van der Waals surface area contributed by atoms with Gasteiger partial charge in [-0.2, -0.15) is 0 Å². The Bertz CT molecular complexity index is 1120. The van der Waals surface area contributed by atoms with Crippen molar-refractivity contribution in [3.63, 3.8) is 0 Å². The van der Waals surface area contributed by atoms with Crippen LogP contribution in [0.15, 0.2) is 96.1 Å². The second-order valence-electron chi connectivity index (χ2n) is 7.61. The molecule has 3 nitrogen and oxygen atoms in total. The van der Waals surface area contributed by atoms with Gasteiger partial charge in [-0.1, -0.05) is 29.8 Å². The molecule has 150 valence electrons. The van der Waals surface area contributed by atoms with Crippen LogP contribution in [0.5, 0.6) is 5.75 Å². The van der Waals surface area contributed by atoms with Crippen LogP contribution in [-0.4, -0.2) is 31.5 Å². The minimum atomic E-state index is 0.822. The van der Waals surface area contributed by atoms with Gasteiger partial charge in [-0.05, 0) is 66.6 Å². The molecule has 1 heterocycles. The average Bonchev–Trinajstić information content (AvgIpc) is 2.79. The van der Waals surface area contributed by atoms with Crippen molar-refractivity contribution < 1.29 is 14.0 Å². The van der Waals surface area contributed by atoms with Gasteiger partial charge in [0, 0.05) is 23.3 Å². The van der Waals surface area contributed by atoms with Crippen molar-refractivity contribution in [2.24, 2.45) is 0 Å². The van der Waals surface area contributed by atoms with E-state index in [1.54, 1.807) is 7.11 Å². The average molecular weight is 397 g/mol. The number of hydrogen-bond acceptors (Lipinski definition) is 2. The van der Waals surface area contributed by atoms with Crippen LogP contribution in [0.2, 0.25) is 0 Å². The lowest BCUT2D eigenvalue weighted by Gasteiger charge is -2.20. The Morgan fingerprint density at radius 3 is 1.73 bits per heavy atom. The zero-order valence-electron chi connectivity index (χ0n) is 17.8. The quantitative estimate of drug-likeness (QED) is 0.634. The van der Waals surface area contributed by atoms with Crippen LogP contribution < -0.4 is 4.74 Å². The SMILES string of the molecule is COc1ccc(C2=CC(=C3C=CC(=[N+](C)C)C=C3)C=C(c3ccc(C)cc3)O2)cc1. The van der Waals surface area contributed by atoms with E-state index in [-0.39, 0.29) is 0 Å².